The maximum Gasteiger partial charge on any atom is 0.231 e. The molecule has 2 fully saturated rings. The van der Waals surface area contributed by atoms with E-state index in [2.05, 4.69) is 40.9 Å². The Hall–Kier alpha value is -2.28. The third-order valence-corrected chi connectivity index (χ3v) is 5.76. The zero-order valence-corrected chi connectivity index (χ0v) is 15.5. The van der Waals surface area contributed by atoms with Gasteiger partial charge in [-0.1, -0.05) is 11.6 Å². The lowest BCUT2D eigenvalue weighted by Gasteiger charge is -2.36. The molecule has 142 valence electrons. The van der Waals surface area contributed by atoms with E-state index in [0.29, 0.717) is 18.8 Å². The van der Waals surface area contributed by atoms with E-state index in [-0.39, 0.29) is 6.04 Å². The molecule has 3 aliphatic rings. The van der Waals surface area contributed by atoms with Gasteiger partial charge in [0.2, 0.25) is 6.79 Å². The molecule has 6 heteroatoms. The maximum atomic E-state index is 5.56. The molecule has 0 aliphatic carbocycles. The van der Waals surface area contributed by atoms with Crippen LogP contribution in [0.15, 0.2) is 46.6 Å². The van der Waals surface area contributed by atoms with Gasteiger partial charge in [0, 0.05) is 31.6 Å². The van der Waals surface area contributed by atoms with Crippen molar-refractivity contribution in [3.63, 3.8) is 0 Å². The highest BCUT2D eigenvalue weighted by Gasteiger charge is 2.40. The van der Waals surface area contributed by atoms with Gasteiger partial charge >= 0.3 is 0 Å². The van der Waals surface area contributed by atoms with Crippen LogP contribution in [0.3, 0.4) is 0 Å². The fourth-order valence-corrected chi connectivity index (χ4v) is 4.47. The quantitative estimate of drug-likeness (QED) is 0.867. The monoisotopic (exact) mass is 367 g/mol. The third kappa shape index (κ3) is 3.36. The maximum absolute atomic E-state index is 5.56. The van der Waals surface area contributed by atoms with E-state index in [4.69, 9.17) is 13.9 Å². The number of hydrogen-bond donors (Lipinski definition) is 2. The van der Waals surface area contributed by atoms with Gasteiger partial charge < -0.3 is 13.9 Å². The molecule has 0 amide bonds. The number of furan rings is 1. The molecule has 0 saturated carbocycles. The second-order valence-electron chi connectivity index (χ2n) is 7.68. The molecule has 0 radical (unpaired) electrons. The second kappa shape index (κ2) is 7.03. The Labute approximate surface area is 159 Å². The predicted octanol–water partition coefficient (Wildman–Crippen LogP) is 2.95. The number of hydrazine groups is 1. The Balaban J connectivity index is 1.29. The van der Waals surface area contributed by atoms with Crippen molar-refractivity contribution in [3.8, 4) is 11.5 Å². The number of hydrogen-bond acceptors (Lipinski definition) is 6. The minimum atomic E-state index is 0.279. The summed E-state index contributed by atoms with van der Waals surface area (Å²) in [6.45, 7) is 5.63. The molecule has 3 aliphatic heterocycles. The zero-order valence-electron chi connectivity index (χ0n) is 15.5. The van der Waals surface area contributed by atoms with Crippen LogP contribution in [-0.4, -0.2) is 37.4 Å². The number of nitrogens with zero attached hydrogens (tertiary/aromatic N) is 1. The summed E-state index contributed by atoms with van der Waals surface area (Å²) in [5.74, 6) is 3.13. The number of benzene rings is 1. The van der Waals surface area contributed by atoms with Crippen LogP contribution in [0.25, 0.3) is 6.08 Å². The summed E-state index contributed by atoms with van der Waals surface area (Å²) in [4.78, 5) is 2.55. The third-order valence-electron chi connectivity index (χ3n) is 5.76. The summed E-state index contributed by atoms with van der Waals surface area (Å²) in [6, 6.07) is 11.0. The molecule has 0 spiro atoms. The van der Waals surface area contributed by atoms with E-state index >= 15 is 0 Å². The molecule has 1 aromatic heterocycles. The molecule has 2 N–H and O–H groups in total. The Morgan fingerprint density at radius 1 is 1.22 bits per heavy atom. The van der Waals surface area contributed by atoms with Crippen molar-refractivity contribution in [1.29, 1.82) is 0 Å². The van der Waals surface area contributed by atoms with Crippen molar-refractivity contribution >= 4 is 6.08 Å². The summed E-state index contributed by atoms with van der Waals surface area (Å²) < 4.78 is 16.4. The number of ether oxygens (including phenoxy) is 2. The van der Waals surface area contributed by atoms with Crippen LogP contribution in [0.2, 0.25) is 0 Å². The molecular formula is C21H25N3O3. The summed E-state index contributed by atoms with van der Waals surface area (Å²) in [6.07, 6.45) is 5.00. The predicted molar refractivity (Wildman–Crippen MR) is 102 cm³/mol. The van der Waals surface area contributed by atoms with Gasteiger partial charge in [-0.2, -0.15) is 0 Å². The van der Waals surface area contributed by atoms with Crippen LogP contribution in [0.4, 0.5) is 0 Å². The standard InChI is InChI=1S/C21H25N3O3/c1-14(9-16-3-2-8-25-16)11-24-7-6-18-17(12-24)21(23-22-18)15-4-5-19-20(10-15)27-13-26-19/h2-5,8-10,17-18,21-23H,6-7,11-13H2,1H3/b14-9+. The van der Waals surface area contributed by atoms with Crippen molar-refractivity contribution in [1.82, 2.24) is 15.8 Å². The van der Waals surface area contributed by atoms with E-state index in [1.165, 1.54) is 11.1 Å². The lowest BCUT2D eigenvalue weighted by molar-refractivity contribution is 0.166. The first-order valence-corrected chi connectivity index (χ1v) is 9.60. The van der Waals surface area contributed by atoms with Gasteiger partial charge in [0.25, 0.3) is 0 Å². The zero-order chi connectivity index (χ0) is 18.2. The fraction of sp³-hybridized carbons (Fsp3) is 0.429. The largest absolute Gasteiger partial charge is 0.465 e. The minimum absolute atomic E-state index is 0.279. The molecule has 6 nitrogen and oxygen atoms in total. The van der Waals surface area contributed by atoms with Crippen molar-refractivity contribution in [3.05, 3.63) is 53.5 Å². The van der Waals surface area contributed by atoms with Crippen LogP contribution in [-0.2, 0) is 0 Å². The fourth-order valence-electron chi connectivity index (χ4n) is 4.47. The van der Waals surface area contributed by atoms with Gasteiger partial charge in [0.15, 0.2) is 11.5 Å². The van der Waals surface area contributed by atoms with E-state index in [0.717, 1.165) is 43.3 Å². The molecule has 3 unspecified atom stereocenters. The first-order valence-electron chi connectivity index (χ1n) is 9.60. The lowest BCUT2D eigenvalue weighted by Crippen LogP contribution is -2.45. The van der Waals surface area contributed by atoms with Gasteiger partial charge in [0.1, 0.15) is 5.76 Å². The van der Waals surface area contributed by atoms with Crippen molar-refractivity contribution in [2.45, 2.75) is 25.4 Å². The number of nitrogens with one attached hydrogen (secondary N) is 2. The highest BCUT2D eigenvalue weighted by Crippen LogP contribution is 2.39. The molecule has 2 saturated heterocycles. The van der Waals surface area contributed by atoms with E-state index in [9.17, 15) is 0 Å². The smallest absolute Gasteiger partial charge is 0.231 e. The summed E-state index contributed by atoms with van der Waals surface area (Å²) in [5, 5.41) is 0. The van der Waals surface area contributed by atoms with Gasteiger partial charge in [-0.25, -0.2) is 5.43 Å². The lowest BCUT2D eigenvalue weighted by atomic mass is 9.85. The Morgan fingerprint density at radius 3 is 3.04 bits per heavy atom. The Bertz CT molecular complexity index is 833. The number of piperidine rings is 1. The first kappa shape index (κ1) is 16.9. The minimum Gasteiger partial charge on any atom is -0.465 e. The van der Waals surface area contributed by atoms with Crippen LogP contribution in [0, 0.1) is 5.92 Å². The van der Waals surface area contributed by atoms with Crippen LogP contribution >= 0.6 is 0 Å². The summed E-state index contributed by atoms with van der Waals surface area (Å²) in [7, 11) is 0. The van der Waals surface area contributed by atoms with E-state index in [1.807, 2.05) is 18.2 Å². The second-order valence-corrected chi connectivity index (χ2v) is 7.68. The molecule has 0 bridgehead atoms. The van der Waals surface area contributed by atoms with Gasteiger partial charge in [0.05, 0.1) is 12.3 Å². The molecule has 5 rings (SSSR count). The van der Waals surface area contributed by atoms with E-state index in [1.54, 1.807) is 6.26 Å². The number of fused-ring (bicyclic) bond motifs is 2. The van der Waals surface area contributed by atoms with Crippen LogP contribution < -0.4 is 20.3 Å². The van der Waals surface area contributed by atoms with E-state index < -0.39 is 0 Å². The molecule has 27 heavy (non-hydrogen) atoms. The molecule has 4 heterocycles. The summed E-state index contributed by atoms with van der Waals surface area (Å²) in [5.41, 5.74) is 9.60. The molecule has 1 aromatic carbocycles. The van der Waals surface area contributed by atoms with Crippen molar-refractivity contribution in [2.24, 2.45) is 5.92 Å². The van der Waals surface area contributed by atoms with Gasteiger partial charge in [-0.3, -0.25) is 10.3 Å². The van der Waals surface area contributed by atoms with Crippen LogP contribution in [0.1, 0.15) is 30.7 Å². The van der Waals surface area contributed by atoms with Gasteiger partial charge in [-0.15, -0.1) is 0 Å². The molecule has 3 atom stereocenters. The molecular weight excluding hydrogens is 342 g/mol. The Morgan fingerprint density at radius 2 is 2.15 bits per heavy atom. The number of rotatable bonds is 4. The normalized spacial score (nSPS) is 27.7. The first-order chi connectivity index (χ1) is 13.3. The topological polar surface area (TPSA) is 58.9 Å². The Kier molecular flexibility index (Phi) is 4.39. The highest BCUT2D eigenvalue weighted by molar-refractivity contribution is 5.47. The highest BCUT2D eigenvalue weighted by atomic mass is 16.7. The summed E-state index contributed by atoms with van der Waals surface area (Å²) >= 11 is 0. The average Bonchev–Trinajstić information content (AvgIpc) is 3.41. The van der Waals surface area contributed by atoms with Crippen LogP contribution in [0.5, 0.6) is 11.5 Å². The SMILES string of the molecule is C/C(=C\c1ccco1)CN1CCC2NNC(c3ccc4c(c3)OCO4)C2C1. The number of likely N-dealkylation sites (tertiary alicyclic amines) is 1. The van der Waals surface area contributed by atoms with Gasteiger partial charge in [-0.05, 0) is 49.2 Å². The average molecular weight is 367 g/mol. The van der Waals surface area contributed by atoms with Crippen molar-refractivity contribution < 1.29 is 13.9 Å². The van der Waals surface area contributed by atoms with Crippen molar-refractivity contribution in [2.75, 3.05) is 26.4 Å². The molecule has 2 aromatic rings.